The van der Waals surface area contributed by atoms with Gasteiger partial charge in [0.15, 0.2) is 0 Å². The molecule has 2 heterocycles. The Kier molecular flexibility index (Phi) is 4.22. The number of aliphatic hydroxyl groups excluding tert-OH is 1. The highest BCUT2D eigenvalue weighted by atomic mass is 16.3. The van der Waals surface area contributed by atoms with E-state index >= 15 is 0 Å². The molecule has 2 N–H and O–H groups in total. The van der Waals surface area contributed by atoms with E-state index in [1.54, 1.807) is 18.7 Å². The van der Waals surface area contributed by atoms with Gasteiger partial charge < -0.3 is 15.3 Å². The number of hydrogen-bond donors (Lipinski definition) is 2. The minimum atomic E-state index is -0.912. The van der Waals surface area contributed by atoms with Crippen molar-refractivity contribution >= 4 is 17.8 Å². The molecule has 21 heavy (non-hydrogen) atoms. The molecule has 0 spiro atoms. The molecule has 0 saturated carbocycles. The number of aliphatic hydroxyl groups is 1. The van der Waals surface area contributed by atoms with Crippen molar-refractivity contribution < 1.29 is 19.5 Å². The van der Waals surface area contributed by atoms with Crippen LogP contribution < -0.4 is 5.32 Å². The third kappa shape index (κ3) is 2.88. The van der Waals surface area contributed by atoms with E-state index in [0.29, 0.717) is 19.5 Å². The zero-order chi connectivity index (χ0) is 15.8. The summed E-state index contributed by atoms with van der Waals surface area (Å²) in [6.07, 6.45) is 0.773. The number of rotatable bonds is 4. The van der Waals surface area contributed by atoms with Gasteiger partial charge in [-0.05, 0) is 26.7 Å². The van der Waals surface area contributed by atoms with Gasteiger partial charge in [0, 0.05) is 19.0 Å². The van der Waals surface area contributed by atoms with Crippen LogP contribution in [0.1, 0.15) is 33.6 Å². The second kappa shape index (κ2) is 5.63. The van der Waals surface area contributed by atoms with Gasteiger partial charge in [0.25, 0.3) is 5.91 Å². The Labute approximate surface area is 124 Å². The molecule has 0 aromatic rings. The fraction of sp³-hybridized carbons (Fsp3) is 0.786. The van der Waals surface area contributed by atoms with Crippen molar-refractivity contribution in [2.75, 3.05) is 19.6 Å². The summed E-state index contributed by atoms with van der Waals surface area (Å²) in [7, 11) is 0. The molecule has 2 rings (SSSR count). The van der Waals surface area contributed by atoms with Gasteiger partial charge in [0.1, 0.15) is 12.1 Å². The lowest BCUT2D eigenvalue weighted by atomic mass is 9.99. The van der Waals surface area contributed by atoms with E-state index in [1.807, 2.05) is 6.92 Å². The van der Waals surface area contributed by atoms with Gasteiger partial charge in [0.05, 0.1) is 6.10 Å². The van der Waals surface area contributed by atoms with Crippen LogP contribution in [0.4, 0.5) is 4.79 Å². The highest BCUT2D eigenvalue weighted by molar-refractivity contribution is 6.08. The second-order valence-electron chi connectivity index (χ2n) is 6.14. The van der Waals surface area contributed by atoms with Gasteiger partial charge in [0.2, 0.25) is 5.91 Å². The van der Waals surface area contributed by atoms with E-state index in [2.05, 4.69) is 5.32 Å². The lowest BCUT2D eigenvalue weighted by Crippen LogP contribution is -2.45. The minimum Gasteiger partial charge on any atom is -0.393 e. The van der Waals surface area contributed by atoms with E-state index in [0.717, 1.165) is 11.3 Å². The van der Waals surface area contributed by atoms with Crippen molar-refractivity contribution in [2.45, 2.75) is 45.3 Å². The molecule has 2 aliphatic heterocycles. The molecule has 3 unspecified atom stereocenters. The van der Waals surface area contributed by atoms with Crippen LogP contribution in [0.3, 0.4) is 0 Å². The van der Waals surface area contributed by atoms with E-state index < -0.39 is 17.7 Å². The van der Waals surface area contributed by atoms with Crippen molar-refractivity contribution in [1.29, 1.82) is 0 Å². The Morgan fingerprint density at radius 2 is 2.19 bits per heavy atom. The number of nitrogens with zero attached hydrogens (tertiary/aromatic N) is 2. The average Bonchev–Trinajstić information content (AvgIpc) is 2.99. The topological polar surface area (TPSA) is 90.0 Å². The van der Waals surface area contributed by atoms with Gasteiger partial charge in [-0.2, -0.15) is 0 Å². The molecule has 7 nitrogen and oxygen atoms in total. The molecule has 2 aliphatic rings. The smallest absolute Gasteiger partial charge is 0.325 e. The summed E-state index contributed by atoms with van der Waals surface area (Å²) in [6, 6.07) is -0.510. The maximum absolute atomic E-state index is 12.2. The van der Waals surface area contributed by atoms with Crippen molar-refractivity contribution in [2.24, 2.45) is 5.92 Å². The molecular formula is C14H23N3O4. The van der Waals surface area contributed by atoms with Crippen molar-refractivity contribution in [1.82, 2.24) is 15.1 Å². The van der Waals surface area contributed by atoms with Crippen molar-refractivity contribution in [3.63, 3.8) is 0 Å². The van der Waals surface area contributed by atoms with Gasteiger partial charge in [-0.25, -0.2) is 4.79 Å². The fourth-order valence-electron chi connectivity index (χ4n) is 2.77. The fourth-order valence-corrected chi connectivity index (χ4v) is 2.77. The predicted octanol–water partition coefficient (Wildman–Crippen LogP) is -0.0638. The zero-order valence-corrected chi connectivity index (χ0v) is 12.8. The van der Waals surface area contributed by atoms with E-state index in [9.17, 15) is 19.5 Å². The van der Waals surface area contributed by atoms with Crippen LogP contribution in [0.15, 0.2) is 0 Å². The van der Waals surface area contributed by atoms with E-state index in [4.69, 9.17) is 0 Å². The Morgan fingerprint density at radius 1 is 1.52 bits per heavy atom. The Morgan fingerprint density at radius 3 is 2.67 bits per heavy atom. The summed E-state index contributed by atoms with van der Waals surface area (Å²) in [4.78, 5) is 38.9. The lowest BCUT2D eigenvalue weighted by Gasteiger charge is -2.22. The van der Waals surface area contributed by atoms with Crippen molar-refractivity contribution in [3.05, 3.63) is 0 Å². The summed E-state index contributed by atoms with van der Waals surface area (Å²) >= 11 is 0. The summed E-state index contributed by atoms with van der Waals surface area (Å²) in [6.45, 7) is 6.00. The maximum Gasteiger partial charge on any atom is 0.325 e. The number of likely N-dealkylation sites (tertiary alicyclic amines) is 1. The number of carbonyl (C=O) groups excluding carboxylic acids is 3. The zero-order valence-electron chi connectivity index (χ0n) is 12.8. The number of amides is 4. The molecule has 0 aliphatic carbocycles. The lowest BCUT2D eigenvalue weighted by molar-refractivity contribution is -0.138. The Hall–Kier alpha value is -1.63. The number of urea groups is 1. The van der Waals surface area contributed by atoms with Crippen LogP contribution in [0.25, 0.3) is 0 Å². The van der Waals surface area contributed by atoms with Gasteiger partial charge in [-0.15, -0.1) is 0 Å². The summed E-state index contributed by atoms with van der Waals surface area (Å²) in [5, 5.41) is 12.2. The molecule has 2 fully saturated rings. The third-order valence-corrected chi connectivity index (χ3v) is 4.61. The predicted molar refractivity (Wildman–Crippen MR) is 75.3 cm³/mol. The summed E-state index contributed by atoms with van der Waals surface area (Å²) in [5.74, 6) is -0.533. The molecule has 0 aromatic heterocycles. The molecule has 118 valence electrons. The molecular weight excluding hydrogens is 274 g/mol. The first-order chi connectivity index (χ1) is 9.78. The third-order valence-electron chi connectivity index (χ3n) is 4.61. The second-order valence-corrected chi connectivity index (χ2v) is 6.14. The SMILES string of the molecule is CCC1(C)NC(=O)N(CC(=O)N2CCC(C(C)O)C2)C1=O. The number of nitrogens with one attached hydrogen (secondary N) is 1. The number of carbonyl (C=O) groups is 3. The molecule has 2 saturated heterocycles. The van der Waals surface area contributed by atoms with Crippen LogP contribution in [-0.2, 0) is 9.59 Å². The number of imide groups is 1. The van der Waals surface area contributed by atoms with Crippen LogP contribution in [0, 0.1) is 5.92 Å². The Balaban J connectivity index is 1.98. The molecule has 0 bridgehead atoms. The quantitative estimate of drug-likeness (QED) is 0.711. The largest absolute Gasteiger partial charge is 0.393 e. The van der Waals surface area contributed by atoms with E-state index in [-0.39, 0.29) is 24.3 Å². The van der Waals surface area contributed by atoms with Crippen LogP contribution in [-0.4, -0.2) is 64.0 Å². The normalized spacial score (nSPS) is 30.8. The van der Waals surface area contributed by atoms with Gasteiger partial charge in [-0.3, -0.25) is 14.5 Å². The highest BCUT2D eigenvalue weighted by Crippen LogP contribution is 2.23. The molecule has 3 atom stereocenters. The molecule has 4 amide bonds. The summed E-state index contributed by atoms with van der Waals surface area (Å²) in [5.41, 5.74) is -0.912. The first-order valence-electron chi connectivity index (χ1n) is 7.38. The molecule has 0 radical (unpaired) electrons. The van der Waals surface area contributed by atoms with Crippen molar-refractivity contribution in [3.8, 4) is 0 Å². The summed E-state index contributed by atoms with van der Waals surface area (Å²) < 4.78 is 0. The minimum absolute atomic E-state index is 0.0676. The first kappa shape index (κ1) is 15.8. The highest BCUT2D eigenvalue weighted by Gasteiger charge is 2.47. The Bertz CT molecular complexity index is 465. The first-order valence-corrected chi connectivity index (χ1v) is 7.38. The molecule has 7 heteroatoms. The molecule has 0 aromatic carbocycles. The standard InChI is InChI=1S/C14H23N3O4/c1-4-14(3)12(20)17(13(21)15-14)8-11(19)16-6-5-10(7-16)9(2)18/h9-10,18H,4-8H2,1-3H3,(H,15,21). The van der Waals surface area contributed by atoms with Crippen LogP contribution in [0.2, 0.25) is 0 Å². The average molecular weight is 297 g/mol. The van der Waals surface area contributed by atoms with E-state index in [1.165, 1.54) is 0 Å². The number of hydrogen-bond acceptors (Lipinski definition) is 4. The van der Waals surface area contributed by atoms with Crippen LogP contribution in [0.5, 0.6) is 0 Å². The van der Waals surface area contributed by atoms with Gasteiger partial charge in [-0.1, -0.05) is 6.92 Å². The monoisotopic (exact) mass is 297 g/mol. The maximum atomic E-state index is 12.2. The van der Waals surface area contributed by atoms with Crippen LogP contribution >= 0.6 is 0 Å². The van der Waals surface area contributed by atoms with Gasteiger partial charge >= 0.3 is 6.03 Å².